The van der Waals surface area contributed by atoms with Crippen LogP contribution in [0.1, 0.15) is 53.9 Å². The smallest absolute Gasteiger partial charge is 0.134 e. The Morgan fingerprint density at radius 3 is 2.21 bits per heavy atom. The Labute approximate surface area is 88.5 Å². The fraction of sp³-hybridized carbons (Fsp3) is 0.917. The highest BCUT2D eigenvalue weighted by Crippen LogP contribution is 2.05. The summed E-state index contributed by atoms with van der Waals surface area (Å²) in [6, 6.07) is 0. The number of rotatable bonds is 6. The molecule has 0 aromatic carbocycles. The molecule has 14 heavy (non-hydrogen) atoms. The maximum absolute atomic E-state index is 11.4. The number of Topliss-reactive ketones (excluding diaryl/α,β-unsaturated/α-hetero) is 1. The predicted octanol–water partition coefficient (Wildman–Crippen LogP) is 2.77. The van der Waals surface area contributed by atoms with E-state index < -0.39 is 0 Å². The first-order valence-corrected chi connectivity index (χ1v) is 5.58. The topological polar surface area (TPSA) is 29.1 Å². The van der Waals surface area contributed by atoms with Gasteiger partial charge in [-0.2, -0.15) is 0 Å². The monoisotopic (exact) mass is 199 g/mol. The van der Waals surface area contributed by atoms with Gasteiger partial charge in [0.1, 0.15) is 5.78 Å². The van der Waals surface area contributed by atoms with Gasteiger partial charge >= 0.3 is 0 Å². The average molecular weight is 199 g/mol. The van der Waals surface area contributed by atoms with Crippen LogP contribution in [0, 0.1) is 5.92 Å². The van der Waals surface area contributed by atoms with Crippen molar-refractivity contribution >= 4 is 5.78 Å². The van der Waals surface area contributed by atoms with Gasteiger partial charge in [-0.05, 0) is 33.1 Å². The number of ketones is 1. The highest BCUT2D eigenvalue weighted by molar-refractivity contribution is 5.78. The van der Waals surface area contributed by atoms with Crippen molar-refractivity contribution in [2.45, 2.75) is 59.4 Å². The lowest BCUT2D eigenvalue weighted by Crippen LogP contribution is -2.37. The fourth-order valence-electron chi connectivity index (χ4n) is 1.15. The second-order valence-electron chi connectivity index (χ2n) is 5.40. The van der Waals surface area contributed by atoms with Gasteiger partial charge in [0.15, 0.2) is 0 Å². The molecule has 0 aliphatic carbocycles. The first-order chi connectivity index (χ1) is 6.31. The van der Waals surface area contributed by atoms with Crippen molar-refractivity contribution in [1.82, 2.24) is 5.32 Å². The summed E-state index contributed by atoms with van der Waals surface area (Å²) in [6.45, 7) is 11.5. The number of hydrogen-bond acceptors (Lipinski definition) is 2. The molecular weight excluding hydrogens is 174 g/mol. The molecule has 0 aromatic heterocycles. The predicted molar refractivity (Wildman–Crippen MR) is 61.5 cm³/mol. The SMILES string of the molecule is CC(C)CCC(=O)CCNC(C)(C)C. The number of hydrogen-bond donors (Lipinski definition) is 1. The fourth-order valence-corrected chi connectivity index (χ4v) is 1.15. The quantitative estimate of drug-likeness (QED) is 0.712. The van der Waals surface area contributed by atoms with E-state index in [1.54, 1.807) is 0 Å². The summed E-state index contributed by atoms with van der Waals surface area (Å²) in [4.78, 5) is 11.4. The average Bonchev–Trinajstić information content (AvgIpc) is 1.98. The lowest BCUT2D eigenvalue weighted by atomic mass is 10.0. The van der Waals surface area contributed by atoms with Gasteiger partial charge in [-0.25, -0.2) is 0 Å². The molecule has 0 atom stereocenters. The van der Waals surface area contributed by atoms with Gasteiger partial charge in [-0.3, -0.25) is 4.79 Å². The maximum atomic E-state index is 11.4. The molecule has 0 fully saturated rings. The molecule has 1 N–H and O–H groups in total. The summed E-state index contributed by atoms with van der Waals surface area (Å²) in [5.41, 5.74) is 0.123. The highest BCUT2D eigenvalue weighted by atomic mass is 16.1. The van der Waals surface area contributed by atoms with Crippen LogP contribution in [0.5, 0.6) is 0 Å². The minimum absolute atomic E-state index is 0.123. The van der Waals surface area contributed by atoms with E-state index in [4.69, 9.17) is 0 Å². The van der Waals surface area contributed by atoms with Crippen LogP contribution < -0.4 is 5.32 Å². The van der Waals surface area contributed by atoms with Crippen molar-refractivity contribution in [3.8, 4) is 0 Å². The molecular formula is C12H25NO. The van der Waals surface area contributed by atoms with Gasteiger partial charge < -0.3 is 5.32 Å². The summed E-state index contributed by atoms with van der Waals surface area (Å²) in [7, 11) is 0. The van der Waals surface area contributed by atoms with Gasteiger partial charge in [-0.15, -0.1) is 0 Å². The molecule has 0 unspecified atom stereocenters. The Hall–Kier alpha value is -0.370. The molecule has 2 heteroatoms. The molecule has 84 valence electrons. The van der Waals surface area contributed by atoms with Crippen LogP contribution in [-0.4, -0.2) is 17.9 Å². The normalized spacial score (nSPS) is 12.1. The van der Waals surface area contributed by atoms with Crippen LogP contribution >= 0.6 is 0 Å². The molecule has 0 heterocycles. The molecule has 0 rings (SSSR count). The minimum atomic E-state index is 0.123. The summed E-state index contributed by atoms with van der Waals surface area (Å²) in [6.07, 6.45) is 2.43. The summed E-state index contributed by atoms with van der Waals surface area (Å²) < 4.78 is 0. The van der Waals surface area contributed by atoms with Gasteiger partial charge in [0.2, 0.25) is 0 Å². The molecule has 0 aromatic rings. The standard InChI is InChI=1S/C12H25NO/c1-10(2)6-7-11(14)8-9-13-12(3,4)5/h10,13H,6-9H2,1-5H3. The lowest BCUT2D eigenvalue weighted by Gasteiger charge is -2.20. The molecule has 0 aliphatic rings. The Morgan fingerprint density at radius 2 is 1.79 bits per heavy atom. The van der Waals surface area contributed by atoms with E-state index in [0.29, 0.717) is 18.1 Å². The Bertz CT molecular complexity index is 168. The van der Waals surface area contributed by atoms with Gasteiger partial charge in [0.05, 0.1) is 0 Å². The number of nitrogens with one attached hydrogen (secondary N) is 1. The Morgan fingerprint density at radius 1 is 1.21 bits per heavy atom. The molecule has 0 radical (unpaired) electrons. The van der Waals surface area contributed by atoms with E-state index in [1.807, 2.05) is 0 Å². The summed E-state index contributed by atoms with van der Waals surface area (Å²) in [5, 5.41) is 3.32. The number of carbonyl (C=O) groups excluding carboxylic acids is 1. The van der Waals surface area contributed by atoms with Crippen LogP contribution in [0.2, 0.25) is 0 Å². The van der Waals surface area contributed by atoms with E-state index in [9.17, 15) is 4.79 Å². The minimum Gasteiger partial charge on any atom is -0.312 e. The van der Waals surface area contributed by atoms with E-state index in [2.05, 4.69) is 39.9 Å². The van der Waals surface area contributed by atoms with Crippen molar-refractivity contribution in [3.63, 3.8) is 0 Å². The molecule has 0 bridgehead atoms. The largest absolute Gasteiger partial charge is 0.312 e. The first-order valence-electron chi connectivity index (χ1n) is 5.58. The molecule has 0 amide bonds. The third-order valence-corrected chi connectivity index (χ3v) is 2.06. The van der Waals surface area contributed by atoms with Crippen molar-refractivity contribution in [2.75, 3.05) is 6.54 Å². The Kier molecular flexibility index (Phi) is 6.01. The first kappa shape index (κ1) is 13.6. The van der Waals surface area contributed by atoms with E-state index in [1.165, 1.54) is 0 Å². The number of carbonyl (C=O) groups is 1. The molecule has 0 spiro atoms. The third kappa shape index (κ3) is 9.72. The lowest BCUT2D eigenvalue weighted by molar-refractivity contribution is -0.119. The van der Waals surface area contributed by atoms with Gasteiger partial charge in [0, 0.05) is 24.9 Å². The van der Waals surface area contributed by atoms with Crippen molar-refractivity contribution in [2.24, 2.45) is 5.92 Å². The van der Waals surface area contributed by atoms with Crippen molar-refractivity contribution in [3.05, 3.63) is 0 Å². The van der Waals surface area contributed by atoms with Crippen LogP contribution in [0.3, 0.4) is 0 Å². The maximum Gasteiger partial charge on any atom is 0.134 e. The summed E-state index contributed by atoms with van der Waals surface area (Å²) in [5.74, 6) is 1.02. The zero-order valence-electron chi connectivity index (χ0n) is 10.3. The van der Waals surface area contributed by atoms with Crippen molar-refractivity contribution < 1.29 is 4.79 Å². The van der Waals surface area contributed by atoms with Crippen LogP contribution in [0.25, 0.3) is 0 Å². The van der Waals surface area contributed by atoms with Crippen LogP contribution in [0.15, 0.2) is 0 Å². The third-order valence-electron chi connectivity index (χ3n) is 2.06. The molecule has 0 saturated heterocycles. The molecule has 2 nitrogen and oxygen atoms in total. The Balaban J connectivity index is 3.46. The highest BCUT2D eigenvalue weighted by Gasteiger charge is 2.09. The summed E-state index contributed by atoms with van der Waals surface area (Å²) >= 11 is 0. The van der Waals surface area contributed by atoms with Crippen LogP contribution in [0.4, 0.5) is 0 Å². The van der Waals surface area contributed by atoms with Gasteiger partial charge in [0.25, 0.3) is 0 Å². The van der Waals surface area contributed by atoms with E-state index in [-0.39, 0.29) is 5.54 Å². The zero-order chi connectivity index (χ0) is 11.2. The van der Waals surface area contributed by atoms with Crippen molar-refractivity contribution in [1.29, 1.82) is 0 Å². The van der Waals surface area contributed by atoms with Crippen LogP contribution in [-0.2, 0) is 4.79 Å². The second kappa shape index (κ2) is 6.18. The molecule has 0 aliphatic heterocycles. The second-order valence-corrected chi connectivity index (χ2v) is 5.40. The molecule has 0 saturated carbocycles. The van der Waals surface area contributed by atoms with Gasteiger partial charge in [-0.1, -0.05) is 13.8 Å². The zero-order valence-corrected chi connectivity index (χ0v) is 10.3. The van der Waals surface area contributed by atoms with E-state index >= 15 is 0 Å². The van der Waals surface area contributed by atoms with E-state index in [0.717, 1.165) is 19.4 Å².